The first-order valence-electron chi connectivity index (χ1n) is 8.40. The Bertz CT molecular complexity index is 465. The Morgan fingerprint density at radius 3 is 2.23 bits per heavy atom. The van der Waals surface area contributed by atoms with E-state index in [4.69, 9.17) is 0 Å². The number of hydrogen-bond acceptors (Lipinski definition) is 3. The Kier molecular flexibility index (Phi) is 7.03. The molecule has 0 aliphatic heterocycles. The van der Waals surface area contributed by atoms with Gasteiger partial charge in [-0.15, -0.1) is 0 Å². The average Bonchev–Trinajstić information content (AvgIpc) is 2.46. The summed E-state index contributed by atoms with van der Waals surface area (Å²) in [5.41, 5.74) is 0.614. The molecule has 1 aromatic rings. The predicted octanol–water partition coefficient (Wildman–Crippen LogP) is 4.40. The summed E-state index contributed by atoms with van der Waals surface area (Å²) in [6.07, 6.45) is 5.36. The number of aromatic nitrogens is 1. The molecule has 3 heteroatoms. The van der Waals surface area contributed by atoms with Crippen molar-refractivity contribution >= 4 is 0 Å². The molecule has 0 aromatic carbocycles. The maximum absolute atomic E-state index is 9.97. The molecule has 0 aliphatic carbocycles. The Morgan fingerprint density at radius 1 is 1.18 bits per heavy atom. The molecule has 22 heavy (non-hydrogen) atoms. The molecule has 0 amide bonds. The molecule has 122 valence electrons. The van der Waals surface area contributed by atoms with E-state index in [1.807, 2.05) is 18.3 Å². The molecule has 3 nitrogen and oxygen atoms in total. The van der Waals surface area contributed by atoms with Crippen LogP contribution in [-0.4, -0.2) is 28.5 Å². The highest BCUT2D eigenvalue weighted by molar-refractivity contribution is 5.30. The molecule has 0 unspecified atom stereocenters. The van der Waals surface area contributed by atoms with Gasteiger partial charge in [-0.2, -0.15) is 5.26 Å². The first kappa shape index (κ1) is 18.6. The topological polar surface area (TPSA) is 39.9 Å². The summed E-state index contributed by atoms with van der Waals surface area (Å²) in [5.74, 6) is 0.478. The van der Waals surface area contributed by atoms with Gasteiger partial charge in [0.1, 0.15) is 0 Å². The van der Waals surface area contributed by atoms with Crippen LogP contribution < -0.4 is 0 Å². The molecule has 1 aromatic heterocycles. The standard InChI is InChI=1S/C19H31N3/c1-15(2)12-19(14-20,18-8-7-10-21-13-18)9-11-22(16(3)4)17(5)6/h7-8,10,13,15-17H,9,11-12H2,1-6H3/t19-/m0/s1. The van der Waals surface area contributed by atoms with Gasteiger partial charge in [-0.3, -0.25) is 9.88 Å². The van der Waals surface area contributed by atoms with E-state index in [1.165, 1.54) is 0 Å². The van der Waals surface area contributed by atoms with Gasteiger partial charge in [0.15, 0.2) is 0 Å². The lowest BCUT2D eigenvalue weighted by molar-refractivity contribution is 0.159. The maximum Gasteiger partial charge on any atom is 0.0851 e. The first-order chi connectivity index (χ1) is 10.3. The molecule has 1 rings (SSSR count). The van der Waals surface area contributed by atoms with Crippen molar-refractivity contribution in [2.45, 2.75) is 71.9 Å². The molecule has 0 saturated heterocycles. The van der Waals surface area contributed by atoms with Gasteiger partial charge in [-0.25, -0.2) is 0 Å². The van der Waals surface area contributed by atoms with Gasteiger partial charge < -0.3 is 0 Å². The Balaban J connectivity index is 3.04. The quantitative estimate of drug-likeness (QED) is 0.714. The highest BCUT2D eigenvalue weighted by Crippen LogP contribution is 2.34. The molecular formula is C19H31N3. The van der Waals surface area contributed by atoms with Crippen molar-refractivity contribution in [3.63, 3.8) is 0 Å². The number of pyridine rings is 1. The minimum atomic E-state index is -0.440. The third-order valence-corrected chi connectivity index (χ3v) is 4.31. The van der Waals surface area contributed by atoms with Crippen LogP contribution >= 0.6 is 0 Å². The summed E-state index contributed by atoms with van der Waals surface area (Å²) < 4.78 is 0. The molecule has 1 heterocycles. The van der Waals surface area contributed by atoms with Gasteiger partial charge >= 0.3 is 0 Å². The molecule has 0 bridgehead atoms. The van der Waals surface area contributed by atoms with Crippen molar-refractivity contribution in [3.8, 4) is 6.07 Å². The van der Waals surface area contributed by atoms with Crippen molar-refractivity contribution in [1.29, 1.82) is 5.26 Å². The van der Waals surface area contributed by atoms with Crippen molar-refractivity contribution in [2.24, 2.45) is 5.92 Å². The van der Waals surface area contributed by atoms with Gasteiger partial charge in [-0.1, -0.05) is 19.9 Å². The van der Waals surface area contributed by atoms with Crippen LogP contribution in [0, 0.1) is 17.2 Å². The lowest BCUT2D eigenvalue weighted by atomic mass is 9.73. The number of hydrogen-bond donors (Lipinski definition) is 0. The lowest BCUT2D eigenvalue weighted by Crippen LogP contribution is -2.41. The third-order valence-electron chi connectivity index (χ3n) is 4.31. The number of rotatable bonds is 8. The second-order valence-corrected chi connectivity index (χ2v) is 7.21. The highest BCUT2D eigenvalue weighted by atomic mass is 15.2. The number of nitrogens with zero attached hydrogens (tertiary/aromatic N) is 3. The predicted molar refractivity (Wildman–Crippen MR) is 92.6 cm³/mol. The molecule has 1 atom stereocenters. The van der Waals surface area contributed by atoms with Crippen LogP contribution in [0.3, 0.4) is 0 Å². The zero-order valence-electron chi connectivity index (χ0n) is 15.0. The van der Waals surface area contributed by atoms with Crippen LogP contribution in [0.15, 0.2) is 24.5 Å². The van der Waals surface area contributed by atoms with E-state index in [1.54, 1.807) is 6.20 Å². The monoisotopic (exact) mass is 301 g/mol. The lowest BCUT2D eigenvalue weighted by Gasteiger charge is -2.35. The van der Waals surface area contributed by atoms with E-state index in [-0.39, 0.29) is 0 Å². The summed E-state index contributed by atoms with van der Waals surface area (Å²) in [4.78, 5) is 6.70. The van der Waals surface area contributed by atoms with Crippen LogP contribution in [0.1, 0.15) is 59.9 Å². The van der Waals surface area contributed by atoms with Crippen LogP contribution in [0.5, 0.6) is 0 Å². The van der Waals surface area contributed by atoms with E-state index in [9.17, 15) is 5.26 Å². The highest BCUT2D eigenvalue weighted by Gasteiger charge is 2.34. The van der Waals surface area contributed by atoms with Gasteiger partial charge in [-0.05, 0) is 58.1 Å². The zero-order valence-corrected chi connectivity index (χ0v) is 15.0. The van der Waals surface area contributed by atoms with Gasteiger partial charge in [0.25, 0.3) is 0 Å². The zero-order chi connectivity index (χ0) is 16.8. The van der Waals surface area contributed by atoms with Gasteiger partial charge in [0, 0.05) is 31.0 Å². The van der Waals surface area contributed by atoms with Crippen molar-refractivity contribution in [3.05, 3.63) is 30.1 Å². The van der Waals surface area contributed by atoms with Gasteiger partial charge in [0.05, 0.1) is 11.5 Å². The normalized spacial score (nSPS) is 14.6. The summed E-state index contributed by atoms with van der Waals surface area (Å²) in [7, 11) is 0. The fraction of sp³-hybridized carbons (Fsp3) is 0.684. The summed E-state index contributed by atoms with van der Waals surface area (Å²) in [5, 5.41) is 9.97. The van der Waals surface area contributed by atoms with E-state index >= 15 is 0 Å². The van der Waals surface area contributed by atoms with Crippen molar-refractivity contribution < 1.29 is 0 Å². The van der Waals surface area contributed by atoms with Crippen LogP contribution in [0.25, 0.3) is 0 Å². The van der Waals surface area contributed by atoms with Gasteiger partial charge in [0.2, 0.25) is 0 Å². The third kappa shape index (κ3) is 4.81. The summed E-state index contributed by atoms with van der Waals surface area (Å²) in [6, 6.07) is 7.59. The molecule has 0 spiro atoms. The first-order valence-corrected chi connectivity index (χ1v) is 8.40. The minimum absolute atomic E-state index is 0.440. The Morgan fingerprint density at radius 2 is 1.82 bits per heavy atom. The molecule has 0 radical (unpaired) electrons. The second-order valence-electron chi connectivity index (χ2n) is 7.21. The van der Waals surface area contributed by atoms with E-state index in [2.05, 4.69) is 57.5 Å². The molecule has 0 N–H and O–H groups in total. The van der Waals surface area contributed by atoms with E-state index in [0.717, 1.165) is 24.9 Å². The smallest absolute Gasteiger partial charge is 0.0851 e. The molecular weight excluding hydrogens is 270 g/mol. The average molecular weight is 301 g/mol. The number of nitriles is 1. The molecule has 0 fully saturated rings. The molecule has 0 aliphatic rings. The maximum atomic E-state index is 9.97. The van der Waals surface area contributed by atoms with Crippen LogP contribution in [0.4, 0.5) is 0 Å². The van der Waals surface area contributed by atoms with E-state index < -0.39 is 5.41 Å². The summed E-state index contributed by atoms with van der Waals surface area (Å²) >= 11 is 0. The van der Waals surface area contributed by atoms with Crippen molar-refractivity contribution in [1.82, 2.24) is 9.88 Å². The fourth-order valence-electron chi connectivity index (χ4n) is 3.31. The summed E-state index contributed by atoms with van der Waals surface area (Å²) in [6.45, 7) is 14.2. The minimum Gasteiger partial charge on any atom is -0.298 e. The van der Waals surface area contributed by atoms with Crippen LogP contribution in [0.2, 0.25) is 0 Å². The SMILES string of the molecule is CC(C)C[C@](C#N)(CCN(C(C)C)C(C)C)c1cccnc1. The Labute approximate surface area is 136 Å². The van der Waals surface area contributed by atoms with Crippen LogP contribution in [-0.2, 0) is 5.41 Å². The fourth-order valence-corrected chi connectivity index (χ4v) is 3.31. The van der Waals surface area contributed by atoms with Crippen molar-refractivity contribution in [2.75, 3.05) is 6.54 Å². The van der Waals surface area contributed by atoms with E-state index in [0.29, 0.717) is 18.0 Å². The largest absolute Gasteiger partial charge is 0.298 e. The molecule has 0 saturated carbocycles. The Hall–Kier alpha value is -1.40. The second kappa shape index (κ2) is 8.29.